The number of nitrogens with zero attached hydrogens (tertiary/aromatic N) is 2. The summed E-state index contributed by atoms with van der Waals surface area (Å²) in [5, 5.41) is 6.65. The smallest absolute Gasteiger partial charge is 0.354 e. The predicted octanol–water partition coefficient (Wildman–Crippen LogP) is 7.20. The number of alkyl halides is 6. The number of pyridine rings is 1. The Kier molecular flexibility index (Phi) is 7.32. The molecule has 1 aromatic heterocycles. The lowest BCUT2D eigenvalue weighted by Gasteiger charge is -2.52. The van der Waals surface area contributed by atoms with E-state index in [0.29, 0.717) is 24.0 Å². The molecule has 0 aliphatic carbocycles. The summed E-state index contributed by atoms with van der Waals surface area (Å²) in [7, 11) is 0. The highest BCUT2D eigenvalue weighted by atomic mass is 32.1. The molecule has 5 atom stereocenters. The van der Waals surface area contributed by atoms with Crippen molar-refractivity contribution in [3.05, 3.63) is 84.1 Å². The predicted molar refractivity (Wildman–Crippen MR) is 142 cm³/mol. The first-order valence-corrected chi connectivity index (χ1v) is 12.9. The monoisotopic (exact) mass is 564 g/mol. The van der Waals surface area contributed by atoms with Gasteiger partial charge in [0.2, 0.25) is 0 Å². The van der Waals surface area contributed by atoms with Gasteiger partial charge >= 0.3 is 12.4 Å². The second-order valence-corrected chi connectivity index (χ2v) is 10.4. The Hall–Kier alpha value is -3.18. The Labute approximate surface area is 227 Å². The molecule has 0 saturated carbocycles. The average molecular weight is 565 g/mol. The largest absolute Gasteiger partial charge is 0.416 e. The summed E-state index contributed by atoms with van der Waals surface area (Å²) in [6.45, 7) is 5.68. The van der Waals surface area contributed by atoms with Crippen molar-refractivity contribution in [2.24, 2.45) is 11.8 Å². The Morgan fingerprint density at radius 3 is 2.36 bits per heavy atom. The van der Waals surface area contributed by atoms with Crippen LogP contribution in [0, 0.1) is 11.8 Å². The standard InChI is InChI=1S/C28H26F6N4S/c1-2-16-15-38-10-8-17(16)11-24(38)25(22-7-9-35-23-6-4-3-5-21(22)23)37-26(39)36-20-13-18(27(29,30)31)12-19(14-20)28(32,33)34/h2-7,9,12-14,16-17,24-25H,1,8,10-11,15H2,(H2,36,37,39)/t16?,17?,24?,25-/m1/s1. The van der Waals surface area contributed by atoms with E-state index in [1.165, 1.54) is 0 Å². The highest BCUT2D eigenvalue weighted by Gasteiger charge is 2.43. The van der Waals surface area contributed by atoms with Crippen molar-refractivity contribution in [1.82, 2.24) is 15.2 Å². The third kappa shape index (κ3) is 5.74. The lowest BCUT2D eigenvalue weighted by molar-refractivity contribution is -0.143. The molecule has 2 aromatic carbocycles. The highest BCUT2D eigenvalue weighted by Crippen LogP contribution is 2.42. The fourth-order valence-electron chi connectivity index (χ4n) is 5.83. The van der Waals surface area contributed by atoms with E-state index >= 15 is 0 Å². The van der Waals surface area contributed by atoms with Crippen molar-refractivity contribution in [3.63, 3.8) is 0 Å². The normalized spacial score (nSPS) is 23.8. The summed E-state index contributed by atoms with van der Waals surface area (Å²) in [6, 6.07) is 10.4. The van der Waals surface area contributed by atoms with Gasteiger partial charge in [-0.05, 0) is 79.3 Å². The molecule has 0 radical (unpaired) electrons. The molecule has 206 valence electrons. The highest BCUT2D eigenvalue weighted by molar-refractivity contribution is 7.80. The number of fused-ring (bicyclic) bond motifs is 4. The van der Waals surface area contributed by atoms with Crippen LogP contribution in [0.25, 0.3) is 10.9 Å². The number of aromatic nitrogens is 1. The summed E-state index contributed by atoms with van der Waals surface area (Å²) in [5.41, 5.74) is -1.55. The van der Waals surface area contributed by atoms with Gasteiger partial charge in [-0.3, -0.25) is 9.88 Å². The number of hydrogen-bond donors (Lipinski definition) is 2. The van der Waals surface area contributed by atoms with Crippen LogP contribution >= 0.6 is 12.2 Å². The summed E-state index contributed by atoms with van der Waals surface area (Å²) in [4.78, 5) is 6.79. The molecule has 4 unspecified atom stereocenters. The van der Waals surface area contributed by atoms with Gasteiger partial charge < -0.3 is 10.6 Å². The van der Waals surface area contributed by atoms with Crippen LogP contribution in [-0.2, 0) is 12.4 Å². The molecule has 6 rings (SSSR count). The number of anilines is 1. The minimum atomic E-state index is -4.96. The summed E-state index contributed by atoms with van der Waals surface area (Å²) in [5.74, 6) is 0.787. The molecular weight excluding hydrogens is 538 g/mol. The summed E-state index contributed by atoms with van der Waals surface area (Å²) in [6.07, 6.45) is -4.37. The number of halogens is 6. The quantitative estimate of drug-likeness (QED) is 0.195. The van der Waals surface area contributed by atoms with Crippen molar-refractivity contribution in [2.75, 3.05) is 18.4 Å². The molecule has 3 aliphatic rings. The SMILES string of the molecule is C=CC1CN2CCC1CC2[C@H](NC(=S)Nc1cc(C(F)(F)F)cc(C(F)(F)F)c1)c1ccnc2ccccc12. The molecule has 4 nitrogen and oxygen atoms in total. The third-order valence-corrected chi connectivity index (χ3v) is 7.91. The van der Waals surface area contributed by atoms with Gasteiger partial charge in [0, 0.05) is 29.9 Å². The Balaban J connectivity index is 1.48. The molecule has 3 saturated heterocycles. The van der Waals surface area contributed by atoms with Gasteiger partial charge in [0.1, 0.15) is 0 Å². The van der Waals surface area contributed by atoms with E-state index < -0.39 is 29.2 Å². The van der Waals surface area contributed by atoms with Gasteiger partial charge in [0.25, 0.3) is 0 Å². The number of benzene rings is 2. The van der Waals surface area contributed by atoms with Gasteiger partial charge in [0.15, 0.2) is 5.11 Å². The van der Waals surface area contributed by atoms with E-state index in [4.69, 9.17) is 12.2 Å². The summed E-state index contributed by atoms with van der Waals surface area (Å²) < 4.78 is 80.3. The van der Waals surface area contributed by atoms with Crippen LogP contribution in [0.3, 0.4) is 0 Å². The van der Waals surface area contributed by atoms with Crippen LogP contribution in [-0.4, -0.2) is 34.1 Å². The van der Waals surface area contributed by atoms with Crippen molar-refractivity contribution in [3.8, 4) is 0 Å². The zero-order valence-electron chi connectivity index (χ0n) is 20.7. The first-order chi connectivity index (χ1) is 18.4. The molecule has 3 fully saturated rings. The maximum absolute atomic E-state index is 13.4. The minimum Gasteiger partial charge on any atom is -0.354 e. The molecule has 3 aromatic rings. The van der Waals surface area contributed by atoms with Gasteiger partial charge in [-0.15, -0.1) is 6.58 Å². The molecule has 4 heterocycles. The molecular formula is C28H26F6N4S. The molecule has 0 amide bonds. The maximum Gasteiger partial charge on any atom is 0.416 e. The Morgan fingerprint density at radius 1 is 1.05 bits per heavy atom. The Bertz CT molecular complexity index is 1350. The van der Waals surface area contributed by atoms with Crippen LogP contribution in [0.1, 0.15) is 35.6 Å². The Morgan fingerprint density at radius 2 is 1.74 bits per heavy atom. The van der Waals surface area contributed by atoms with Gasteiger partial charge in [0.05, 0.1) is 22.7 Å². The maximum atomic E-state index is 13.4. The minimum absolute atomic E-state index is 0.00208. The number of rotatable bonds is 5. The molecule has 11 heteroatoms. The average Bonchev–Trinajstić information content (AvgIpc) is 2.90. The number of nitrogens with one attached hydrogen (secondary N) is 2. The van der Waals surface area contributed by atoms with Crippen molar-refractivity contribution in [1.29, 1.82) is 0 Å². The topological polar surface area (TPSA) is 40.2 Å². The van der Waals surface area contributed by atoms with Gasteiger partial charge in [-0.25, -0.2) is 0 Å². The van der Waals surface area contributed by atoms with E-state index in [9.17, 15) is 26.3 Å². The fraction of sp³-hybridized carbons (Fsp3) is 0.357. The van der Waals surface area contributed by atoms with Crippen molar-refractivity contribution in [2.45, 2.75) is 37.3 Å². The van der Waals surface area contributed by atoms with Crippen molar-refractivity contribution >= 4 is 33.9 Å². The number of para-hydroxylation sites is 1. The first kappa shape index (κ1) is 27.4. The van der Waals surface area contributed by atoms with E-state index in [1.807, 2.05) is 36.4 Å². The number of piperidine rings is 3. The molecule has 2 bridgehead atoms. The molecule has 2 N–H and O–H groups in total. The molecule has 0 spiro atoms. The van der Waals surface area contributed by atoms with Crippen molar-refractivity contribution < 1.29 is 26.3 Å². The third-order valence-electron chi connectivity index (χ3n) is 7.69. The zero-order chi connectivity index (χ0) is 27.9. The van der Waals surface area contributed by atoms with Crippen LogP contribution < -0.4 is 10.6 Å². The van der Waals surface area contributed by atoms with Gasteiger partial charge in [-0.2, -0.15) is 26.3 Å². The van der Waals surface area contributed by atoms with Gasteiger partial charge in [-0.1, -0.05) is 24.3 Å². The first-order valence-electron chi connectivity index (χ1n) is 12.5. The molecule has 3 aliphatic heterocycles. The second-order valence-electron chi connectivity index (χ2n) is 10.0. The van der Waals surface area contributed by atoms with Crippen LogP contribution in [0.4, 0.5) is 32.0 Å². The fourth-order valence-corrected chi connectivity index (χ4v) is 6.07. The molecule has 39 heavy (non-hydrogen) atoms. The zero-order valence-corrected chi connectivity index (χ0v) is 21.5. The van der Waals surface area contributed by atoms with Crippen LogP contribution in [0.2, 0.25) is 0 Å². The van der Waals surface area contributed by atoms with Crippen LogP contribution in [0.5, 0.6) is 0 Å². The summed E-state index contributed by atoms with van der Waals surface area (Å²) >= 11 is 5.47. The number of hydrogen-bond acceptors (Lipinski definition) is 3. The second kappa shape index (κ2) is 10.4. The van der Waals surface area contributed by atoms with Crippen LogP contribution in [0.15, 0.2) is 67.4 Å². The lowest BCUT2D eigenvalue weighted by atomic mass is 9.73. The number of thiocarbonyl (C=S) groups is 1. The van der Waals surface area contributed by atoms with E-state index in [2.05, 4.69) is 27.1 Å². The van der Waals surface area contributed by atoms with E-state index in [0.717, 1.165) is 42.4 Å². The lowest BCUT2D eigenvalue weighted by Crippen LogP contribution is -2.57. The van der Waals surface area contributed by atoms with E-state index in [1.54, 1.807) is 6.20 Å². The van der Waals surface area contributed by atoms with E-state index in [-0.39, 0.29) is 23.3 Å².